The number of rotatable bonds is 12. The second kappa shape index (κ2) is 12.5. The Labute approximate surface area is 179 Å². The van der Waals surface area contributed by atoms with Crippen molar-refractivity contribution in [2.45, 2.75) is 45.7 Å². The average Bonchev–Trinajstić information content (AvgIpc) is 2.78. The highest BCUT2D eigenvalue weighted by molar-refractivity contribution is 5.88. The highest BCUT2D eigenvalue weighted by atomic mass is 16.5. The molecule has 0 saturated heterocycles. The predicted molar refractivity (Wildman–Crippen MR) is 117 cm³/mol. The summed E-state index contributed by atoms with van der Waals surface area (Å²) in [5, 5.41) is 2.95. The zero-order valence-electron chi connectivity index (χ0n) is 18.1. The summed E-state index contributed by atoms with van der Waals surface area (Å²) in [6, 6.07) is 16.2. The average molecular weight is 413 g/mol. The molecule has 6 heteroatoms. The van der Waals surface area contributed by atoms with Gasteiger partial charge in [0.25, 0.3) is 5.91 Å². The lowest BCUT2D eigenvalue weighted by molar-refractivity contribution is -0.143. The van der Waals surface area contributed by atoms with E-state index in [1.807, 2.05) is 37.3 Å². The van der Waals surface area contributed by atoms with Crippen LogP contribution in [0.2, 0.25) is 0 Å². The predicted octanol–water partition coefficient (Wildman–Crippen LogP) is 3.80. The molecule has 0 spiro atoms. The Bertz CT molecular complexity index is 778. The van der Waals surface area contributed by atoms with E-state index in [1.54, 1.807) is 36.3 Å². The molecule has 162 valence electrons. The third-order valence-electron chi connectivity index (χ3n) is 4.83. The van der Waals surface area contributed by atoms with Crippen molar-refractivity contribution in [1.82, 2.24) is 10.2 Å². The van der Waals surface area contributed by atoms with Gasteiger partial charge in [-0.3, -0.25) is 9.59 Å². The lowest BCUT2D eigenvalue weighted by Crippen LogP contribution is -2.50. The van der Waals surface area contributed by atoms with Gasteiger partial charge in [0.05, 0.1) is 7.11 Å². The van der Waals surface area contributed by atoms with Crippen molar-refractivity contribution >= 4 is 11.8 Å². The maximum Gasteiger partial charge on any atom is 0.261 e. The molecule has 0 saturated carbocycles. The highest BCUT2D eigenvalue weighted by Gasteiger charge is 2.28. The van der Waals surface area contributed by atoms with E-state index in [1.165, 1.54) is 0 Å². The van der Waals surface area contributed by atoms with E-state index in [9.17, 15) is 9.59 Å². The zero-order valence-corrected chi connectivity index (χ0v) is 18.1. The molecule has 0 aliphatic heterocycles. The number of amides is 2. The fourth-order valence-electron chi connectivity index (χ4n) is 3.11. The number of ether oxygens (including phenoxy) is 2. The maximum absolute atomic E-state index is 13.1. The normalized spacial score (nSPS) is 11.4. The Kier molecular flexibility index (Phi) is 9.71. The van der Waals surface area contributed by atoms with Crippen LogP contribution in [0.25, 0.3) is 0 Å². The van der Waals surface area contributed by atoms with Gasteiger partial charge < -0.3 is 19.7 Å². The SMILES string of the molecule is CCCCNC(=O)C(CC)N(Cc1ccccc1)C(=O)COc1ccc(OC)cc1. The molecule has 0 radical (unpaired) electrons. The molecule has 0 bridgehead atoms. The fourth-order valence-corrected chi connectivity index (χ4v) is 3.11. The monoisotopic (exact) mass is 412 g/mol. The summed E-state index contributed by atoms with van der Waals surface area (Å²) in [5.74, 6) is 0.935. The number of carbonyl (C=O) groups excluding carboxylic acids is 2. The van der Waals surface area contributed by atoms with Crippen LogP contribution in [-0.4, -0.2) is 43.0 Å². The van der Waals surface area contributed by atoms with Crippen LogP contribution in [0.1, 0.15) is 38.7 Å². The van der Waals surface area contributed by atoms with Gasteiger partial charge in [0, 0.05) is 13.1 Å². The Morgan fingerprint density at radius 3 is 2.27 bits per heavy atom. The Hall–Kier alpha value is -3.02. The zero-order chi connectivity index (χ0) is 21.8. The summed E-state index contributed by atoms with van der Waals surface area (Å²) in [6.07, 6.45) is 2.44. The number of nitrogens with zero attached hydrogens (tertiary/aromatic N) is 1. The third kappa shape index (κ3) is 7.10. The van der Waals surface area contributed by atoms with Crippen molar-refractivity contribution in [2.24, 2.45) is 0 Å². The molecule has 0 heterocycles. The van der Waals surface area contributed by atoms with E-state index in [0.717, 1.165) is 18.4 Å². The molecule has 1 atom stereocenters. The summed E-state index contributed by atoms with van der Waals surface area (Å²) in [7, 11) is 1.59. The lowest BCUT2D eigenvalue weighted by Gasteiger charge is -2.30. The molecule has 30 heavy (non-hydrogen) atoms. The number of hydrogen-bond donors (Lipinski definition) is 1. The molecule has 0 fully saturated rings. The van der Waals surface area contributed by atoms with Gasteiger partial charge in [0.15, 0.2) is 6.61 Å². The first-order valence-electron chi connectivity index (χ1n) is 10.5. The standard InChI is InChI=1S/C24H32N2O4/c1-4-6-16-25-24(28)22(5-2)26(17-19-10-8-7-9-11-19)23(27)18-30-21-14-12-20(29-3)13-15-21/h7-15,22H,4-6,16-18H2,1-3H3,(H,25,28). The number of benzene rings is 2. The molecule has 6 nitrogen and oxygen atoms in total. The molecule has 2 amide bonds. The summed E-state index contributed by atoms with van der Waals surface area (Å²) < 4.78 is 10.8. The van der Waals surface area contributed by atoms with E-state index in [4.69, 9.17) is 9.47 Å². The van der Waals surface area contributed by atoms with Crippen molar-refractivity contribution in [3.05, 3.63) is 60.2 Å². The minimum absolute atomic E-state index is 0.125. The van der Waals surface area contributed by atoms with E-state index >= 15 is 0 Å². The molecule has 2 rings (SSSR count). The minimum atomic E-state index is -0.547. The fraction of sp³-hybridized carbons (Fsp3) is 0.417. The van der Waals surface area contributed by atoms with Gasteiger partial charge in [-0.25, -0.2) is 0 Å². The van der Waals surface area contributed by atoms with Gasteiger partial charge in [-0.2, -0.15) is 0 Å². The van der Waals surface area contributed by atoms with Crippen molar-refractivity contribution in [2.75, 3.05) is 20.3 Å². The number of methoxy groups -OCH3 is 1. The molecule has 0 aliphatic carbocycles. The molecule has 1 N–H and O–H groups in total. The van der Waals surface area contributed by atoms with Crippen LogP contribution < -0.4 is 14.8 Å². The summed E-state index contributed by atoms with van der Waals surface area (Å²) in [6.45, 7) is 4.82. The van der Waals surface area contributed by atoms with Gasteiger partial charge in [-0.05, 0) is 42.7 Å². The van der Waals surface area contributed by atoms with Crippen LogP contribution in [-0.2, 0) is 16.1 Å². The van der Waals surface area contributed by atoms with Crippen LogP contribution in [0.4, 0.5) is 0 Å². The van der Waals surface area contributed by atoms with Gasteiger partial charge in [0.1, 0.15) is 17.5 Å². The number of nitrogens with one attached hydrogen (secondary N) is 1. The van der Waals surface area contributed by atoms with Crippen molar-refractivity contribution in [3.8, 4) is 11.5 Å². The van der Waals surface area contributed by atoms with Gasteiger partial charge in [-0.15, -0.1) is 0 Å². The molecule has 1 unspecified atom stereocenters. The first kappa shape index (κ1) is 23.3. The van der Waals surface area contributed by atoms with Gasteiger partial charge in [-0.1, -0.05) is 50.6 Å². The van der Waals surface area contributed by atoms with Crippen molar-refractivity contribution in [1.29, 1.82) is 0 Å². The Morgan fingerprint density at radius 1 is 1.00 bits per heavy atom. The number of unbranched alkanes of at least 4 members (excludes halogenated alkanes) is 1. The van der Waals surface area contributed by atoms with Gasteiger partial charge >= 0.3 is 0 Å². The smallest absolute Gasteiger partial charge is 0.261 e. The molecule has 0 aliphatic rings. The lowest BCUT2D eigenvalue weighted by atomic mass is 10.1. The second-order valence-corrected chi connectivity index (χ2v) is 7.04. The van der Waals surface area contributed by atoms with Crippen LogP contribution in [0.15, 0.2) is 54.6 Å². The second-order valence-electron chi connectivity index (χ2n) is 7.04. The summed E-state index contributed by atoms with van der Waals surface area (Å²) >= 11 is 0. The topological polar surface area (TPSA) is 67.9 Å². The van der Waals surface area contributed by atoms with Crippen LogP contribution >= 0.6 is 0 Å². The van der Waals surface area contributed by atoms with E-state index < -0.39 is 6.04 Å². The van der Waals surface area contributed by atoms with Crippen molar-refractivity contribution in [3.63, 3.8) is 0 Å². The molecular formula is C24H32N2O4. The maximum atomic E-state index is 13.1. The Morgan fingerprint density at radius 2 is 1.67 bits per heavy atom. The summed E-state index contributed by atoms with van der Waals surface area (Å²) in [5.41, 5.74) is 0.968. The van der Waals surface area contributed by atoms with Crippen molar-refractivity contribution < 1.29 is 19.1 Å². The minimum Gasteiger partial charge on any atom is -0.497 e. The van der Waals surface area contributed by atoms with E-state index in [0.29, 0.717) is 31.0 Å². The quantitative estimate of drug-likeness (QED) is 0.539. The van der Waals surface area contributed by atoms with E-state index in [-0.39, 0.29) is 18.4 Å². The number of hydrogen-bond acceptors (Lipinski definition) is 4. The van der Waals surface area contributed by atoms with Crippen LogP contribution in [0.5, 0.6) is 11.5 Å². The number of carbonyl (C=O) groups is 2. The molecule has 2 aromatic carbocycles. The molecule has 2 aromatic rings. The first-order chi connectivity index (χ1) is 14.6. The summed E-state index contributed by atoms with van der Waals surface area (Å²) in [4.78, 5) is 27.5. The van der Waals surface area contributed by atoms with Crippen LogP contribution in [0, 0.1) is 0 Å². The van der Waals surface area contributed by atoms with Gasteiger partial charge in [0.2, 0.25) is 5.91 Å². The van der Waals surface area contributed by atoms with E-state index in [2.05, 4.69) is 12.2 Å². The van der Waals surface area contributed by atoms with Crippen LogP contribution in [0.3, 0.4) is 0 Å². The Balaban J connectivity index is 2.11. The molecule has 0 aromatic heterocycles. The first-order valence-corrected chi connectivity index (χ1v) is 10.5. The largest absolute Gasteiger partial charge is 0.497 e. The highest BCUT2D eigenvalue weighted by Crippen LogP contribution is 2.18. The third-order valence-corrected chi connectivity index (χ3v) is 4.83. The molecular weight excluding hydrogens is 380 g/mol.